The van der Waals surface area contributed by atoms with Gasteiger partial charge in [-0.1, -0.05) is 25.4 Å². The van der Waals surface area contributed by atoms with E-state index in [1.54, 1.807) is 27.0 Å². The number of aromatic amines is 1. The summed E-state index contributed by atoms with van der Waals surface area (Å²) >= 11 is 6.35. The molecule has 0 aliphatic heterocycles. The van der Waals surface area contributed by atoms with Gasteiger partial charge in [-0.15, -0.1) is 0 Å². The van der Waals surface area contributed by atoms with Crippen LogP contribution in [0.5, 0.6) is 5.75 Å². The minimum Gasteiger partial charge on any atom is -0.496 e. The molecule has 33 heavy (non-hydrogen) atoms. The number of H-pyrrole nitrogens is 1. The first-order valence-electron chi connectivity index (χ1n) is 10.9. The van der Waals surface area contributed by atoms with Crippen LogP contribution in [0.1, 0.15) is 50.4 Å². The molecule has 0 unspecified atom stereocenters. The highest BCUT2D eigenvalue weighted by molar-refractivity contribution is 6.31. The highest BCUT2D eigenvalue weighted by Gasteiger charge is 2.24. The van der Waals surface area contributed by atoms with Crippen LogP contribution in [0, 0.1) is 5.82 Å². The first kappa shape index (κ1) is 23.3. The van der Waals surface area contributed by atoms with Gasteiger partial charge in [-0.25, -0.2) is 9.37 Å². The molecule has 6 nitrogen and oxygen atoms in total. The van der Waals surface area contributed by atoms with E-state index in [9.17, 15) is 9.50 Å². The molecule has 174 valence electrons. The molecule has 0 saturated heterocycles. The quantitative estimate of drug-likeness (QED) is 0.362. The summed E-state index contributed by atoms with van der Waals surface area (Å²) in [7, 11) is 1.55. The Hall–Kier alpha value is -2.90. The van der Waals surface area contributed by atoms with Gasteiger partial charge in [0.15, 0.2) is 0 Å². The van der Waals surface area contributed by atoms with Crippen molar-refractivity contribution in [1.29, 1.82) is 0 Å². The van der Waals surface area contributed by atoms with Gasteiger partial charge >= 0.3 is 0 Å². The number of hydrogen-bond donors (Lipinski definition) is 2. The van der Waals surface area contributed by atoms with Crippen molar-refractivity contribution in [3.8, 4) is 16.9 Å². The number of ether oxygens (including phenoxy) is 1. The Balaban J connectivity index is 1.81. The second kappa shape index (κ2) is 8.80. The molecule has 0 fully saturated rings. The summed E-state index contributed by atoms with van der Waals surface area (Å²) in [4.78, 5) is 7.83. The molecule has 0 amide bonds. The van der Waals surface area contributed by atoms with Crippen molar-refractivity contribution < 1.29 is 14.2 Å². The van der Waals surface area contributed by atoms with E-state index in [2.05, 4.69) is 28.1 Å². The van der Waals surface area contributed by atoms with Gasteiger partial charge in [0.05, 0.1) is 30.5 Å². The van der Waals surface area contributed by atoms with Crippen LogP contribution >= 0.6 is 11.6 Å². The van der Waals surface area contributed by atoms with Crippen molar-refractivity contribution in [3.05, 3.63) is 64.5 Å². The molecule has 0 radical (unpaired) electrons. The molecule has 0 saturated carbocycles. The zero-order valence-electron chi connectivity index (χ0n) is 19.4. The maximum atomic E-state index is 14.3. The maximum absolute atomic E-state index is 14.3. The maximum Gasteiger partial charge on any atom is 0.142 e. The smallest absolute Gasteiger partial charge is 0.142 e. The zero-order chi connectivity index (χ0) is 23.9. The van der Waals surface area contributed by atoms with Crippen molar-refractivity contribution in [1.82, 2.24) is 19.7 Å². The summed E-state index contributed by atoms with van der Waals surface area (Å²) < 4.78 is 21.6. The molecule has 2 N–H and O–H groups in total. The molecule has 0 bridgehead atoms. The number of halogens is 2. The number of benzene rings is 1. The van der Waals surface area contributed by atoms with Gasteiger partial charge < -0.3 is 14.8 Å². The molecule has 3 heterocycles. The molecule has 0 spiro atoms. The van der Waals surface area contributed by atoms with Gasteiger partial charge in [0.25, 0.3) is 0 Å². The van der Waals surface area contributed by atoms with Crippen LogP contribution in [-0.4, -0.2) is 37.6 Å². The molecule has 3 aromatic heterocycles. The van der Waals surface area contributed by atoms with Crippen LogP contribution in [0.4, 0.5) is 4.39 Å². The lowest BCUT2D eigenvalue weighted by Crippen LogP contribution is -2.27. The number of aliphatic hydroxyl groups is 1. The topological polar surface area (TPSA) is 76.0 Å². The standard InChI is InChI=1S/C25H28ClFN4O2/c1-6-20-18(12-30-31(20)13-25(3,4)32)15-9-16-17(11-29-24(16)28-10-15)14(2)22-21(33-5)8-7-19(27)23(22)26/h7-12,14,32H,6,13H2,1-5H3,(H,28,29)/t14-/m0/s1. The summed E-state index contributed by atoms with van der Waals surface area (Å²) in [5.74, 6) is -0.184. The Labute approximate surface area is 197 Å². The van der Waals surface area contributed by atoms with Gasteiger partial charge in [-0.05, 0) is 44.0 Å². The van der Waals surface area contributed by atoms with Crippen LogP contribution in [0.25, 0.3) is 22.2 Å². The molecule has 4 rings (SSSR count). The van der Waals surface area contributed by atoms with Gasteiger partial charge in [-0.2, -0.15) is 5.10 Å². The summed E-state index contributed by atoms with van der Waals surface area (Å²) in [5, 5.41) is 15.7. The molecule has 0 aliphatic rings. The van der Waals surface area contributed by atoms with Crippen LogP contribution in [0.2, 0.25) is 5.02 Å². The SMILES string of the molecule is CCc1c(-c2cnc3[nH]cc([C@H](C)c4c(OC)ccc(F)c4Cl)c3c2)cnn1CC(C)(C)O. The molecule has 4 aromatic rings. The van der Waals surface area contributed by atoms with Crippen molar-refractivity contribution in [2.24, 2.45) is 0 Å². The Morgan fingerprint density at radius 2 is 2.06 bits per heavy atom. The third-order valence-electron chi connectivity index (χ3n) is 5.91. The third kappa shape index (κ3) is 4.35. The Morgan fingerprint density at radius 3 is 2.73 bits per heavy atom. The van der Waals surface area contributed by atoms with E-state index in [1.165, 1.54) is 6.07 Å². The van der Waals surface area contributed by atoms with Crippen LogP contribution in [0.15, 0.2) is 36.8 Å². The van der Waals surface area contributed by atoms with Gasteiger partial charge in [0.1, 0.15) is 17.2 Å². The summed E-state index contributed by atoms with van der Waals surface area (Å²) in [5.41, 5.74) is 4.31. The van der Waals surface area contributed by atoms with E-state index in [0.717, 1.165) is 39.8 Å². The number of nitrogens with zero attached hydrogens (tertiary/aromatic N) is 3. The van der Waals surface area contributed by atoms with Crippen LogP contribution < -0.4 is 4.74 Å². The fourth-order valence-electron chi connectivity index (χ4n) is 4.34. The Bertz CT molecular complexity index is 1310. The lowest BCUT2D eigenvalue weighted by Gasteiger charge is -2.19. The van der Waals surface area contributed by atoms with E-state index in [4.69, 9.17) is 16.3 Å². The van der Waals surface area contributed by atoms with Gasteiger partial charge in [0, 0.05) is 46.1 Å². The number of methoxy groups -OCH3 is 1. The Kier molecular flexibility index (Phi) is 6.20. The minimum absolute atomic E-state index is 0.0569. The zero-order valence-corrected chi connectivity index (χ0v) is 20.2. The second-order valence-electron chi connectivity index (χ2n) is 8.89. The first-order chi connectivity index (χ1) is 15.6. The van der Waals surface area contributed by atoms with Gasteiger partial charge in [0.2, 0.25) is 0 Å². The molecule has 1 aromatic carbocycles. The summed E-state index contributed by atoms with van der Waals surface area (Å²) in [6.45, 7) is 7.96. The van der Waals surface area contributed by atoms with E-state index >= 15 is 0 Å². The molecular formula is C25H28ClFN4O2. The summed E-state index contributed by atoms with van der Waals surface area (Å²) in [6.07, 6.45) is 6.27. The molecule has 0 aliphatic carbocycles. The number of fused-ring (bicyclic) bond motifs is 1. The highest BCUT2D eigenvalue weighted by Crippen LogP contribution is 2.41. The number of pyridine rings is 1. The van der Waals surface area contributed by atoms with Crippen LogP contribution in [-0.2, 0) is 13.0 Å². The van der Waals surface area contributed by atoms with Gasteiger partial charge in [-0.3, -0.25) is 4.68 Å². The molecular weight excluding hydrogens is 443 g/mol. The van der Waals surface area contributed by atoms with E-state index in [-0.39, 0.29) is 10.9 Å². The Morgan fingerprint density at radius 1 is 1.30 bits per heavy atom. The number of aromatic nitrogens is 4. The first-order valence-corrected chi connectivity index (χ1v) is 11.3. The van der Waals surface area contributed by atoms with E-state index in [1.807, 2.05) is 30.2 Å². The number of hydrogen-bond acceptors (Lipinski definition) is 4. The number of rotatable bonds is 7. The largest absolute Gasteiger partial charge is 0.496 e. The monoisotopic (exact) mass is 470 g/mol. The van der Waals surface area contributed by atoms with Crippen molar-refractivity contribution in [3.63, 3.8) is 0 Å². The fourth-order valence-corrected chi connectivity index (χ4v) is 4.66. The average molecular weight is 471 g/mol. The number of nitrogens with one attached hydrogen (secondary N) is 1. The average Bonchev–Trinajstić information content (AvgIpc) is 3.37. The van der Waals surface area contributed by atoms with E-state index < -0.39 is 11.4 Å². The predicted molar refractivity (Wildman–Crippen MR) is 128 cm³/mol. The third-order valence-corrected chi connectivity index (χ3v) is 6.29. The van der Waals surface area contributed by atoms with Crippen molar-refractivity contribution >= 4 is 22.6 Å². The minimum atomic E-state index is -0.873. The second-order valence-corrected chi connectivity index (χ2v) is 9.27. The van der Waals surface area contributed by atoms with E-state index in [0.29, 0.717) is 17.9 Å². The predicted octanol–water partition coefficient (Wildman–Crippen LogP) is 5.71. The summed E-state index contributed by atoms with van der Waals surface area (Å²) in [6, 6.07) is 4.97. The molecule has 8 heteroatoms. The van der Waals surface area contributed by atoms with Crippen LogP contribution in [0.3, 0.4) is 0 Å². The lowest BCUT2D eigenvalue weighted by atomic mass is 9.91. The lowest BCUT2D eigenvalue weighted by molar-refractivity contribution is 0.0569. The van der Waals surface area contributed by atoms with Crippen molar-refractivity contribution in [2.75, 3.05) is 7.11 Å². The molecule has 1 atom stereocenters. The normalized spacial score (nSPS) is 13.0. The fraction of sp³-hybridized carbons (Fsp3) is 0.360. The van der Waals surface area contributed by atoms with Crippen molar-refractivity contribution in [2.45, 2.75) is 52.2 Å². The highest BCUT2D eigenvalue weighted by atomic mass is 35.5.